The van der Waals surface area contributed by atoms with Crippen molar-refractivity contribution in [2.75, 3.05) is 10.6 Å². The van der Waals surface area contributed by atoms with Gasteiger partial charge in [-0.3, -0.25) is 19.7 Å². The van der Waals surface area contributed by atoms with Gasteiger partial charge in [0.15, 0.2) is 0 Å². The third-order valence-electron chi connectivity index (χ3n) is 4.06. The van der Waals surface area contributed by atoms with Crippen LogP contribution in [0.1, 0.15) is 20.7 Å². The quantitative estimate of drug-likeness (QED) is 0.301. The molecule has 2 N–H and O–H groups in total. The first-order chi connectivity index (χ1) is 14.7. The molecule has 2 amide bonds. The van der Waals surface area contributed by atoms with Crippen molar-refractivity contribution in [3.8, 4) is 0 Å². The predicted octanol–water partition coefficient (Wildman–Crippen LogP) is 6.71. The second kappa shape index (κ2) is 9.53. The number of hydrogen-bond donors (Lipinski definition) is 2. The van der Waals surface area contributed by atoms with Crippen LogP contribution in [0.4, 0.5) is 17.1 Å². The zero-order chi connectivity index (χ0) is 22.7. The van der Waals surface area contributed by atoms with Crippen LogP contribution in [0.15, 0.2) is 54.6 Å². The normalized spacial score (nSPS) is 10.5. The Kier molecular flexibility index (Phi) is 7.02. The first kappa shape index (κ1) is 22.8. The summed E-state index contributed by atoms with van der Waals surface area (Å²) in [6, 6.07) is 12.2. The highest BCUT2D eigenvalue weighted by Gasteiger charge is 2.22. The topological polar surface area (TPSA) is 101 Å². The highest BCUT2D eigenvalue weighted by atomic mass is 35.5. The lowest BCUT2D eigenvalue weighted by molar-refractivity contribution is -0.384. The zero-order valence-corrected chi connectivity index (χ0v) is 18.3. The molecule has 0 aromatic heterocycles. The van der Waals surface area contributed by atoms with Gasteiger partial charge in [0.1, 0.15) is 0 Å². The zero-order valence-electron chi connectivity index (χ0n) is 15.3. The number of anilines is 2. The summed E-state index contributed by atoms with van der Waals surface area (Å²) in [7, 11) is 0. The van der Waals surface area contributed by atoms with E-state index in [0.29, 0.717) is 16.4 Å². The Balaban J connectivity index is 1.95. The lowest BCUT2D eigenvalue weighted by atomic mass is 10.0. The average molecular weight is 499 g/mol. The Morgan fingerprint density at radius 2 is 1.16 bits per heavy atom. The minimum absolute atomic E-state index is 0.0887. The van der Waals surface area contributed by atoms with Crippen molar-refractivity contribution in [1.82, 2.24) is 0 Å². The van der Waals surface area contributed by atoms with Crippen LogP contribution in [0.3, 0.4) is 0 Å². The highest BCUT2D eigenvalue weighted by molar-refractivity contribution is 6.42. The summed E-state index contributed by atoms with van der Waals surface area (Å²) in [5.74, 6) is -1.42. The van der Waals surface area contributed by atoms with Crippen molar-refractivity contribution in [3.63, 3.8) is 0 Å². The van der Waals surface area contributed by atoms with Gasteiger partial charge in [0, 0.05) is 23.5 Å². The number of carbonyl (C=O) groups excluding carboxylic acids is 2. The lowest BCUT2D eigenvalue weighted by Gasteiger charge is -2.12. The van der Waals surface area contributed by atoms with Crippen molar-refractivity contribution in [2.45, 2.75) is 0 Å². The fourth-order valence-corrected chi connectivity index (χ4v) is 3.17. The summed E-state index contributed by atoms with van der Waals surface area (Å²) in [6.45, 7) is 0. The van der Waals surface area contributed by atoms with Gasteiger partial charge < -0.3 is 10.6 Å². The molecule has 0 aliphatic heterocycles. The van der Waals surface area contributed by atoms with Crippen LogP contribution in [-0.2, 0) is 0 Å². The monoisotopic (exact) mass is 497 g/mol. The largest absolute Gasteiger partial charge is 0.322 e. The Bertz CT molecular complexity index is 1220. The summed E-state index contributed by atoms with van der Waals surface area (Å²) in [6.07, 6.45) is 0. The molecule has 158 valence electrons. The molecule has 11 heteroatoms. The van der Waals surface area contributed by atoms with Gasteiger partial charge in [-0.15, -0.1) is 0 Å². The van der Waals surface area contributed by atoms with Gasteiger partial charge >= 0.3 is 0 Å². The molecule has 0 atom stereocenters. The Morgan fingerprint density at radius 3 is 1.61 bits per heavy atom. The Labute approximate surface area is 196 Å². The summed E-state index contributed by atoms with van der Waals surface area (Å²) >= 11 is 23.6. The van der Waals surface area contributed by atoms with E-state index in [9.17, 15) is 19.7 Å². The molecule has 0 unspecified atom stereocenters. The van der Waals surface area contributed by atoms with Gasteiger partial charge in [0.05, 0.1) is 36.1 Å². The van der Waals surface area contributed by atoms with Gasteiger partial charge in [-0.2, -0.15) is 0 Å². The average Bonchev–Trinajstić information content (AvgIpc) is 2.72. The van der Waals surface area contributed by atoms with Gasteiger partial charge in [0.2, 0.25) is 0 Å². The maximum atomic E-state index is 12.8. The molecule has 3 aromatic carbocycles. The van der Waals surface area contributed by atoms with Crippen molar-refractivity contribution >= 4 is 75.3 Å². The molecule has 0 aliphatic carbocycles. The number of nitro benzene ring substituents is 1. The summed E-state index contributed by atoms with van der Waals surface area (Å²) in [5.41, 5.74) is -0.0345. The van der Waals surface area contributed by atoms with Gasteiger partial charge in [-0.1, -0.05) is 46.4 Å². The fourth-order valence-electron chi connectivity index (χ4n) is 2.58. The number of halogens is 4. The van der Waals surface area contributed by atoms with Gasteiger partial charge in [-0.05, 0) is 42.5 Å². The third kappa shape index (κ3) is 5.45. The van der Waals surface area contributed by atoms with E-state index >= 15 is 0 Å². The number of amides is 2. The molecule has 0 aliphatic rings. The van der Waals surface area contributed by atoms with Crippen LogP contribution < -0.4 is 10.6 Å². The minimum Gasteiger partial charge on any atom is -0.322 e. The van der Waals surface area contributed by atoms with Crippen molar-refractivity contribution in [1.29, 1.82) is 0 Å². The number of nitrogens with zero attached hydrogens (tertiary/aromatic N) is 1. The predicted molar refractivity (Wildman–Crippen MR) is 122 cm³/mol. The molecule has 0 spiro atoms. The standard InChI is InChI=1S/C20H11Cl4N3O4/c21-15-5-1-10(7-17(15)23)25-19(28)13-4-3-12(27(30)31)9-14(13)20(29)26-11-2-6-16(22)18(24)8-11/h1-9H,(H,25,28)(H,26,29). The van der Waals surface area contributed by atoms with Gasteiger partial charge in [0.25, 0.3) is 17.5 Å². The van der Waals surface area contributed by atoms with E-state index in [1.807, 2.05) is 0 Å². The number of benzene rings is 3. The second-order valence-electron chi connectivity index (χ2n) is 6.15. The van der Waals surface area contributed by atoms with E-state index in [0.717, 1.165) is 12.1 Å². The number of non-ortho nitro benzene ring substituents is 1. The first-order valence-electron chi connectivity index (χ1n) is 8.47. The smallest absolute Gasteiger partial charge is 0.270 e. The van der Waals surface area contributed by atoms with Crippen LogP contribution in [0.25, 0.3) is 0 Å². The number of rotatable bonds is 5. The summed E-state index contributed by atoms with van der Waals surface area (Å²) in [5, 5.41) is 17.3. The van der Waals surface area contributed by atoms with E-state index in [1.165, 1.54) is 42.5 Å². The van der Waals surface area contributed by atoms with Crippen molar-refractivity contribution < 1.29 is 14.5 Å². The number of carbonyl (C=O) groups is 2. The lowest BCUT2D eigenvalue weighted by Crippen LogP contribution is -2.20. The van der Waals surface area contributed by atoms with Crippen LogP contribution in [0.5, 0.6) is 0 Å². The fraction of sp³-hybridized carbons (Fsp3) is 0. The van der Waals surface area contributed by atoms with E-state index in [-0.39, 0.29) is 31.9 Å². The SMILES string of the molecule is O=C(Nc1ccc(Cl)c(Cl)c1)c1ccc([N+](=O)[O-])cc1C(=O)Nc1ccc(Cl)c(Cl)c1. The van der Waals surface area contributed by atoms with E-state index in [4.69, 9.17) is 46.4 Å². The Morgan fingerprint density at radius 1 is 0.677 bits per heavy atom. The molecule has 0 saturated carbocycles. The molecule has 0 radical (unpaired) electrons. The third-order valence-corrected chi connectivity index (χ3v) is 5.54. The number of nitrogens with one attached hydrogen (secondary N) is 2. The van der Waals surface area contributed by atoms with E-state index in [1.54, 1.807) is 0 Å². The Hall–Kier alpha value is -2.84. The number of nitro groups is 1. The van der Waals surface area contributed by atoms with Crippen molar-refractivity contribution in [2.24, 2.45) is 0 Å². The molecular weight excluding hydrogens is 488 g/mol. The van der Waals surface area contributed by atoms with Crippen LogP contribution >= 0.6 is 46.4 Å². The molecule has 0 fully saturated rings. The van der Waals surface area contributed by atoms with Crippen LogP contribution in [0, 0.1) is 10.1 Å². The van der Waals surface area contributed by atoms with Gasteiger partial charge in [-0.25, -0.2) is 0 Å². The second-order valence-corrected chi connectivity index (χ2v) is 7.78. The number of hydrogen-bond acceptors (Lipinski definition) is 4. The molecule has 3 aromatic rings. The molecule has 31 heavy (non-hydrogen) atoms. The molecule has 3 rings (SSSR count). The molecule has 0 heterocycles. The van der Waals surface area contributed by atoms with Crippen molar-refractivity contribution in [3.05, 3.63) is 95.9 Å². The molecular formula is C20H11Cl4N3O4. The van der Waals surface area contributed by atoms with E-state index < -0.39 is 16.7 Å². The molecule has 0 bridgehead atoms. The minimum atomic E-state index is -0.749. The van der Waals surface area contributed by atoms with Crippen LogP contribution in [-0.4, -0.2) is 16.7 Å². The highest BCUT2D eigenvalue weighted by Crippen LogP contribution is 2.28. The maximum absolute atomic E-state index is 12.8. The molecule has 0 saturated heterocycles. The maximum Gasteiger partial charge on any atom is 0.270 e. The summed E-state index contributed by atoms with van der Waals surface area (Å²) < 4.78 is 0. The molecule has 7 nitrogen and oxygen atoms in total. The first-order valence-corrected chi connectivity index (χ1v) is 9.98. The van der Waals surface area contributed by atoms with E-state index in [2.05, 4.69) is 10.6 Å². The van der Waals surface area contributed by atoms with Crippen LogP contribution in [0.2, 0.25) is 20.1 Å². The summed E-state index contributed by atoms with van der Waals surface area (Å²) in [4.78, 5) is 36.1.